The smallest absolute Gasteiger partial charge is 0.226 e. The SMILES string of the molecule is CN(CCOCC1CC1)c1nc(Cl)nc2[nH]ncc12. The molecule has 0 aliphatic heterocycles. The summed E-state index contributed by atoms with van der Waals surface area (Å²) >= 11 is 5.91. The van der Waals surface area contributed by atoms with Crippen LogP contribution in [0.15, 0.2) is 6.20 Å². The number of anilines is 1. The molecule has 0 radical (unpaired) electrons. The third-order valence-electron chi connectivity index (χ3n) is 3.25. The Bertz CT molecular complexity index is 568. The number of rotatable bonds is 6. The Balaban J connectivity index is 1.65. The zero-order chi connectivity index (χ0) is 13.2. The van der Waals surface area contributed by atoms with Crippen LogP contribution in [0.4, 0.5) is 5.82 Å². The number of H-pyrrole nitrogens is 1. The molecule has 1 saturated carbocycles. The second kappa shape index (κ2) is 5.30. The first-order chi connectivity index (χ1) is 9.24. The number of fused-ring (bicyclic) bond motifs is 1. The second-order valence-corrected chi connectivity index (χ2v) is 5.23. The Labute approximate surface area is 116 Å². The highest BCUT2D eigenvalue weighted by Crippen LogP contribution is 2.28. The van der Waals surface area contributed by atoms with Crippen LogP contribution >= 0.6 is 11.6 Å². The van der Waals surface area contributed by atoms with Crippen LogP contribution in [0.2, 0.25) is 5.28 Å². The van der Waals surface area contributed by atoms with E-state index < -0.39 is 0 Å². The normalized spacial score (nSPS) is 15.1. The molecule has 0 atom stereocenters. The van der Waals surface area contributed by atoms with Crippen LogP contribution in [0.5, 0.6) is 0 Å². The predicted octanol–water partition coefficient (Wildman–Crippen LogP) is 1.87. The van der Waals surface area contributed by atoms with Crippen molar-refractivity contribution in [2.24, 2.45) is 5.92 Å². The maximum Gasteiger partial charge on any atom is 0.226 e. The van der Waals surface area contributed by atoms with Gasteiger partial charge in [0.1, 0.15) is 5.82 Å². The molecule has 0 spiro atoms. The minimum atomic E-state index is 0.220. The monoisotopic (exact) mass is 281 g/mol. The summed E-state index contributed by atoms with van der Waals surface area (Å²) in [7, 11) is 1.96. The van der Waals surface area contributed by atoms with E-state index in [2.05, 4.69) is 20.2 Å². The van der Waals surface area contributed by atoms with Gasteiger partial charge in [-0.25, -0.2) is 0 Å². The zero-order valence-electron chi connectivity index (χ0n) is 10.8. The Hall–Kier alpha value is -1.40. The highest BCUT2D eigenvalue weighted by molar-refractivity contribution is 6.28. The summed E-state index contributed by atoms with van der Waals surface area (Å²) in [6.07, 6.45) is 4.34. The van der Waals surface area contributed by atoms with E-state index in [1.807, 2.05) is 11.9 Å². The molecule has 102 valence electrons. The van der Waals surface area contributed by atoms with E-state index in [0.29, 0.717) is 12.3 Å². The number of aromatic amines is 1. The molecule has 2 aromatic rings. The number of hydrogen-bond donors (Lipinski definition) is 1. The van der Waals surface area contributed by atoms with E-state index >= 15 is 0 Å². The van der Waals surface area contributed by atoms with E-state index in [1.165, 1.54) is 12.8 Å². The van der Waals surface area contributed by atoms with Crippen LogP contribution in [0.1, 0.15) is 12.8 Å². The fourth-order valence-corrected chi connectivity index (χ4v) is 2.09. The van der Waals surface area contributed by atoms with Gasteiger partial charge >= 0.3 is 0 Å². The molecule has 1 aliphatic rings. The van der Waals surface area contributed by atoms with Crippen molar-refractivity contribution in [3.8, 4) is 0 Å². The van der Waals surface area contributed by atoms with Crippen molar-refractivity contribution in [1.29, 1.82) is 0 Å². The van der Waals surface area contributed by atoms with Crippen LogP contribution in [-0.4, -0.2) is 47.0 Å². The Morgan fingerprint density at radius 3 is 3.11 bits per heavy atom. The number of likely N-dealkylation sites (N-methyl/N-ethyl adjacent to an activating group) is 1. The van der Waals surface area contributed by atoms with E-state index in [0.717, 1.165) is 30.3 Å². The molecule has 0 bridgehead atoms. The van der Waals surface area contributed by atoms with Gasteiger partial charge in [0.15, 0.2) is 5.65 Å². The van der Waals surface area contributed by atoms with Gasteiger partial charge in [-0.2, -0.15) is 15.1 Å². The molecule has 1 aliphatic carbocycles. The molecule has 6 nitrogen and oxygen atoms in total. The van der Waals surface area contributed by atoms with Crippen LogP contribution in [0.3, 0.4) is 0 Å². The highest BCUT2D eigenvalue weighted by Gasteiger charge is 2.21. The van der Waals surface area contributed by atoms with Gasteiger partial charge in [-0.15, -0.1) is 0 Å². The lowest BCUT2D eigenvalue weighted by atomic mass is 10.3. The first-order valence-corrected chi connectivity index (χ1v) is 6.77. The first kappa shape index (κ1) is 12.6. The van der Waals surface area contributed by atoms with Crippen LogP contribution in [-0.2, 0) is 4.74 Å². The van der Waals surface area contributed by atoms with Crippen molar-refractivity contribution >= 4 is 28.5 Å². The average Bonchev–Trinajstić information content (AvgIpc) is 3.10. The molecule has 19 heavy (non-hydrogen) atoms. The molecule has 1 fully saturated rings. The lowest BCUT2D eigenvalue weighted by molar-refractivity contribution is 0.131. The van der Waals surface area contributed by atoms with Gasteiger partial charge in [0.05, 0.1) is 18.2 Å². The molecular formula is C12H16ClN5O. The number of halogens is 1. The number of aromatic nitrogens is 4. The van der Waals surface area contributed by atoms with Crippen molar-refractivity contribution in [1.82, 2.24) is 20.2 Å². The summed E-state index contributed by atoms with van der Waals surface area (Å²) in [5, 5.41) is 7.86. The topological polar surface area (TPSA) is 66.9 Å². The Kier molecular flexibility index (Phi) is 3.52. The number of nitrogens with one attached hydrogen (secondary N) is 1. The fourth-order valence-electron chi connectivity index (χ4n) is 1.93. The van der Waals surface area contributed by atoms with E-state index in [9.17, 15) is 0 Å². The highest BCUT2D eigenvalue weighted by atomic mass is 35.5. The maximum atomic E-state index is 5.91. The summed E-state index contributed by atoms with van der Waals surface area (Å²) in [6.45, 7) is 2.33. The van der Waals surface area contributed by atoms with Crippen LogP contribution in [0.25, 0.3) is 11.0 Å². The molecule has 1 N–H and O–H groups in total. The molecule has 7 heteroatoms. The molecule has 2 aromatic heterocycles. The van der Waals surface area contributed by atoms with Crippen molar-refractivity contribution in [3.63, 3.8) is 0 Å². The van der Waals surface area contributed by atoms with Crippen LogP contribution in [0, 0.1) is 5.92 Å². The van der Waals surface area contributed by atoms with Crippen molar-refractivity contribution in [2.75, 3.05) is 31.7 Å². The summed E-state index contributed by atoms with van der Waals surface area (Å²) < 4.78 is 5.63. The minimum absolute atomic E-state index is 0.220. The van der Waals surface area contributed by atoms with E-state index in [1.54, 1.807) is 6.20 Å². The predicted molar refractivity (Wildman–Crippen MR) is 73.5 cm³/mol. The van der Waals surface area contributed by atoms with Crippen molar-refractivity contribution in [2.45, 2.75) is 12.8 Å². The van der Waals surface area contributed by atoms with Gasteiger partial charge in [0.25, 0.3) is 0 Å². The second-order valence-electron chi connectivity index (χ2n) is 4.89. The van der Waals surface area contributed by atoms with Crippen LogP contribution < -0.4 is 4.90 Å². The standard InChI is InChI=1S/C12H16ClN5O/c1-18(4-5-19-7-8-2-3-8)11-9-6-14-17-10(9)15-12(13)16-11/h6,8H,2-5,7H2,1H3,(H,14,15,16,17). The van der Waals surface area contributed by atoms with Gasteiger partial charge in [0.2, 0.25) is 5.28 Å². The van der Waals surface area contributed by atoms with Gasteiger partial charge in [-0.05, 0) is 30.4 Å². The first-order valence-electron chi connectivity index (χ1n) is 6.39. The third-order valence-corrected chi connectivity index (χ3v) is 3.41. The Morgan fingerprint density at radius 2 is 2.32 bits per heavy atom. The molecular weight excluding hydrogens is 266 g/mol. The average molecular weight is 282 g/mol. The number of ether oxygens (including phenoxy) is 1. The number of nitrogens with zero attached hydrogens (tertiary/aromatic N) is 4. The Morgan fingerprint density at radius 1 is 1.47 bits per heavy atom. The van der Waals surface area contributed by atoms with Gasteiger partial charge in [-0.3, -0.25) is 5.10 Å². The summed E-state index contributed by atoms with van der Waals surface area (Å²) in [6, 6.07) is 0. The molecule has 0 aromatic carbocycles. The van der Waals surface area contributed by atoms with Gasteiger partial charge in [-0.1, -0.05) is 0 Å². The third kappa shape index (κ3) is 2.96. The molecule has 0 unspecified atom stereocenters. The van der Waals surface area contributed by atoms with E-state index in [4.69, 9.17) is 16.3 Å². The zero-order valence-corrected chi connectivity index (χ0v) is 11.5. The lowest BCUT2D eigenvalue weighted by Gasteiger charge is -2.18. The largest absolute Gasteiger partial charge is 0.379 e. The molecule has 0 saturated heterocycles. The summed E-state index contributed by atoms with van der Waals surface area (Å²) in [5.41, 5.74) is 0.653. The van der Waals surface area contributed by atoms with Gasteiger partial charge in [0, 0.05) is 20.2 Å². The summed E-state index contributed by atoms with van der Waals surface area (Å²) in [4.78, 5) is 10.4. The quantitative estimate of drug-likeness (QED) is 0.647. The van der Waals surface area contributed by atoms with Gasteiger partial charge < -0.3 is 9.64 Å². The van der Waals surface area contributed by atoms with Crippen molar-refractivity contribution < 1.29 is 4.74 Å². The minimum Gasteiger partial charge on any atom is -0.379 e. The number of hydrogen-bond acceptors (Lipinski definition) is 5. The van der Waals surface area contributed by atoms with Crippen molar-refractivity contribution in [3.05, 3.63) is 11.5 Å². The van der Waals surface area contributed by atoms with E-state index in [-0.39, 0.29) is 5.28 Å². The molecule has 0 amide bonds. The molecule has 2 heterocycles. The fraction of sp³-hybridized carbons (Fsp3) is 0.583. The molecule has 3 rings (SSSR count). The summed E-state index contributed by atoms with van der Waals surface area (Å²) in [5.74, 6) is 1.57. The maximum absolute atomic E-state index is 5.91. The lowest BCUT2D eigenvalue weighted by Crippen LogP contribution is -2.24.